The Hall–Kier alpha value is -1.94. The number of aromatic hydroxyl groups is 1. The number of thioether (sulfide) groups is 1. The van der Waals surface area contributed by atoms with Gasteiger partial charge in [-0.25, -0.2) is 0 Å². The summed E-state index contributed by atoms with van der Waals surface area (Å²) < 4.78 is 0. The van der Waals surface area contributed by atoms with Crippen LogP contribution in [-0.4, -0.2) is 28.0 Å². The molecular formula is C20H26N2OS. The van der Waals surface area contributed by atoms with Crippen LogP contribution in [0.3, 0.4) is 0 Å². The molecule has 0 aliphatic rings. The van der Waals surface area contributed by atoms with E-state index in [1.165, 1.54) is 11.1 Å². The Bertz CT molecular complexity index is 626. The van der Waals surface area contributed by atoms with Crippen molar-refractivity contribution >= 4 is 16.9 Å². The minimum Gasteiger partial charge on any atom is -0.508 e. The van der Waals surface area contributed by atoms with Gasteiger partial charge in [0.15, 0.2) is 5.17 Å². The highest BCUT2D eigenvalue weighted by Gasteiger charge is 2.11. The lowest BCUT2D eigenvalue weighted by molar-refractivity contribution is 0.407. The van der Waals surface area contributed by atoms with Crippen LogP contribution in [-0.2, 0) is 13.1 Å². The molecule has 0 fully saturated rings. The smallest absolute Gasteiger partial charge is 0.159 e. The zero-order valence-corrected chi connectivity index (χ0v) is 15.3. The van der Waals surface area contributed by atoms with Crippen LogP contribution in [0.15, 0.2) is 59.6 Å². The molecule has 0 atom stereocenters. The maximum absolute atomic E-state index is 9.46. The van der Waals surface area contributed by atoms with E-state index in [0.29, 0.717) is 12.3 Å². The molecule has 2 aromatic rings. The first-order chi connectivity index (χ1) is 11.7. The third-order valence-corrected chi connectivity index (χ3v) is 4.54. The molecule has 0 heterocycles. The summed E-state index contributed by atoms with van der Waals surface area (Å²) in [5.41, 5.74) is 2.41. The molecule has 1 N–H and O–H groups in total. The Kier molecular flexibility index (Phi) is 7.69. The summed E-state index contributed by atoms with van der Waals surface area (Å²) in [5.74, 6) is 0.307. The molecule has 0 aromatic heterocycles. The van der Waals surface area contributed by atoms with E-state index in [-0.39, 0.29) is 0 Å². The number of rotatable bonds is 7. The molecule has 24 heavy (non-hydrogen) atoms. The highest BCUT2D eigenvalue weighted by Crippen LogP contribution is 2.16. The maximum atomic E-state index is 9.46. The number of unbranched alkanes of at least 4 members (excludes halogenated alkanes) is 1. The van der Waals surface area contributed by atoms with Gasteiger partial charge in [0.1, 0.15) is 5.75 Å². The number of hydrogen-bond acceptors (Lipinski definition) is 3. The molecule has 2 rings (SSSR count). The van der Waals surface area contributed by atoms with Crippen LogP contribution in [0.25, 0.3) is 0 Å². The quantitative estimate of drug-likeness (QED) is 0.573. The average Bonchev–Trinajstić information content (AvgIpc) is 2.62. The van der Waals surface area contributed by atoms with Gasteiger partial charge in [-0.1, -0.05) is 67.6 Å². The maximum Gasteiger partial charge on any atom is 0.159 e. The van der Waals surface area contributed by atoms with E-state index >= 15 is 0 Å². The fourth-order valence-corrected chi connectivity index (χ4v) is 3.06. The molecule has 0 amide bonds. The van der Waals surface area contributed by atoms with Gasteiger partial charge in [-0.05, 0) is 35.9 Å². The summed E-state index contributed by atoms with van der Waals surface area (Å²) in [4.78, 5) is 7.17. The van der Waals surface area contributed by atoms with Gasteiger partial charge in [0.2, 0.25) is 0 Å². The molecule has 0 bridgehead atoms. The van der Waals surface area contributed by atoms with Crippen molar-refractivity contribution in [2.45, 2.75) is 32.9 Å². The van der Waals surface area contributed by atoms with Crippen molar-refractivity contribution in [3.8, 4) is 5.75 Å². The molecule has 0 saturated heterocycles. The average molecular weight is 343 g/mol. The Morgan fingerprint density at radius 1 is 1.04 bits per heavy atom. The minimum absolute atomic E-state index is 0.307. The van der Waals surface area contributed by atoms with E-state index in [4.69, 9.17) is 4.99 Å². The van der Waals surface area contributed by atoms with Crippen molar-refractivity contribution in [3.05, 3.63) is 65.7 Å². The van der Waals surface area contributed by atoms with E-state index in [9.17, 15) is 5.11 Å². The molecule has 0 spiro atoms. The van der Waals surface area contributed by atoms with E-state index in [1.807, 2.05) is 18.2 Å². The summed E-state index contributed by atoms with van der Waals surface area (Å²) in [6.45, 7) is 4.72. The standard InChI is InChI=1S/C20H26N2OS/c1-3-4-14-22(16-18-10-12-19(23)13-11-18)20(24-2)21-15-17-8-6-5-7-9-17/h5-13,23H,3-4,14-16H2,1-2H3. The lowest BCUT2D eigenvalue weighted by Crippen LogP contribution is -2.29. The zero-order chi connectivity index (χ0) is 17.2. The molecule has 4 heteroatoms. The molecule has 2 aromatic carbocycles. The summed E-state index contributed by atoms with van der Waals surface area (Å²) >= 11 is 1.70. The van der Waals surface area contributed by atoms with Crippen LogP contribution in [0.5, 0.6) is 5.75 Å². The summed E-state index contributed by atoms with van der Waals surface area (Å²) in [7, 11) is 0. The first-order valence-electron chi connectivity index (χ1n) is 8.38. The van der Waals surface area contributed by atoms with Crippen LogP contribution in [0.4, 0.5) is 0 Å². The van der Waals surface area contributed by atoms with E-state index < -0.39 is 0 Å². The Morgan fingerprint density at radius 2 is 1.75 bits per heavy atom. The molecular weight excluding hydrogens is 316 g/mol. The van der Waals surface area contributed by atoms with Crippen molar-refractivity contribution < 1.29 is 5.11 Å². The highest BCUT2D eigenvalue weighted by atomic mass is 32.2. The molecule has 128 valence electrons. The number of phenolic OH excluding ortho intramolecular Hbond substituents is 1. The monoisotopic (exact) mass is 342 g/mol. The van der Waals surface area contributed by atoms with Crippen molar-refractivity contribution in [1.82, 2.24) is 4.90 Å². The number of benzene rings is 2. The minimum atomic E-state index is 0.307. The van der Waals surface area contributed by atoms with Crippen LogP contribution < -0.4 is 0 Å². The topological polar surface area (TPSA) is 35.8 Å². The largest absolute Gasteiger partial charge is 0.508 e. The van der Waals surface area contributed by atoms with Crippen molar-refractivity contribution in [3.63, 3.8) is 0 Å². The zero-order valence-electron chi connectivity index (χ0n) is 14.5. The Morgan fingerprint density at radius 3 is 2.38 bits per heavy atom. The lowest BCUT2D eigenvalue weighted by Gasteiger charge is -2.25. The van der Waals surface area contributed by atoms with Gasteiger partial charge < -0.3 is 10.0 Å². The summed E-state index contributed by atoms with van der Waals surface area (Å²) in [5, 5.41) is 10.5. The first kappa shape index (κ1) is 18.4. The normalized spacial score (nSPS) is 11.5. The molecule has 0 saturated carbocycles. The van der Waals surface area contributed by atoms with Crippen LogP contribution in [0.2, 0.25) is 0 Å². The molecule has 0 unspecified atom stereocenters. The summed E-state index contributed by atoms with van der Waals surface area (Å²) in [6, 6.07) is 17.8. The van der Waals surface area contributed by atoms with Gasteiger partial charge in [-0.3, -0.25) is 4.99 Å². The third-order valence-electron chi connectivity index (χ3n) is 3.78. The van der Waals surface area contributed by atoms with Crippen molar-refractivity contribution in [2.75, 3.05) is 12.8 Å². The third kappa shape index (κ3) is 5.93. The lowest BCUT2D eigenvalue weighted by atomic mass is 10.2. The number of hydrogen-bond donors (Lipinski definition) is 1. The van der Waals surface area contributed by atoms with Gasteiger partial charge in [-0.15, -0.1) is 0 Å². The fraction of sp³-hybridized carbons (Fsp3) is 0.350. The second kappa shape index (κ2) is 10.0. The highest BCUT2D eigenvalue weighted by molar-refractivity contribution is 8.13. The molecule has 3 nitrogen and oxygen atoms in total. The van der Waals surface area contributed by atoms with Gasteiger partial charge in [-0.2, -0.15) is 0 Å². The number of aliphatic imine (C=N–C) groups is 1. The van der Waals surface area contributed by atoms with Gasteiger partial charge in [0, 0.05) is 13.1 Å². The van der Waals surface area contributed by atoms with Gasteiger partial charge in [0.25, 0.3) is 0 Å². The van der Waals surface area contributed by atoms with E-state index in [0.717, 1.165) is 31.1 Å². The Labute approximate surface area is 149 Å². The van der Waals surface area contributed by atoms with Crippen LogP contribution >= 0.6 is 11.8 Å². The van der Waals surface area contributed by atoms with Gasteiger partial charge >= 0.3 is 0 Å². The number of amidine groups is 1. The van der Waals surface area contributed by atoms with Crippen LogP contribution in [0, 0.1) is 0 Å². The first-order valence-corrected chi connectivity index (χ1v) is 9.60. The SMILES string of the molecule is CCCCN(Cc1ccc(O)cc1)C(=NCc1ccccc1)SC. The predicted molar refractivity (Wildman–Crippen MR) is 105 cm³/mol. The van der Waals surface area contributed by atoms with Crippen molar-refractivity contribution in [2.24, 2.45) is 4.99 Å². The van der Waals surface area contributed by atoms with E-state index in [1.54, 1.807) is 23.9 Å². The Balaban J connectivity index is 2.11. The number of phenols is 1. The van der Waals surface area contributed by atoms with Crippen molar-refractivity contribution in [1.29, 1.82) is 0 Å². The second-order valence-electron chi connectivity index (χ2n) is 5.73. The second-order valence-corrected chi connectivity index (χ2v) is 6.50. The fourth-order valence-electron chi connectivity index (χ4n) is 2.45. The molecule has 0 aliphatic carbocycles. The predicted octanol–water partition coefficient (Wildman–Crippen LogP) is 4.91. The number of nitrogens with zero attached hydrogens (tertiary/aromatic N) is 2. The van der Waals surface area contributed by atoms with Gasteiger partial charge in [0.05, 0.1) is 6.54 Å². The molecule has 0 radical (unpaired) electrons. The van der Waals surface area contributed by atoms with Crippen LogP contribution in [0.1, 0.15) is 30.9 Å². The summed E-state index contributed by atoms with van der Waals surface area (Å²) in [6.07, 6.45) is 4.38. The molecule has 0 aliphatic heterocycles. The van der Waals surface area contributed by atoms with E-state index in [2.05, 4.69) is 42.3 Å².